The molecule has 0 fully saturated rings. The first-order chi connectivity index (χ1) is 8.65. The second kappa shape index (κ2) is 7.01. The van der Waals surface area contributed by atoms with Crippen molar-refractivity contribution in [2.45, 2.75) is 6.42 Å². The van der Waals surface area contributed by atoms with Crippen molar-refractivity contribution in [2.24, 2.45) is 0 Å². The molecule has 94 valence electrons. The maximum absolute atomic E-state index is 11.4. The number of carbonyl (C=O) groups is 1. The summed E-state index contributed by atoms with van der Waals surface area (Å²) in [5.74, 6) is -0.282. The molecule has 0 bridgehead atoms. The molecule has 0 heterocycles. The van der Waals surface area contributed by atoms with Crippen molar-refractivity contribution >= 4 is 17.7 Å². The van der Waals surface area contributed by atoms with E-state index in [1.807, 2.05) is 0 Å². The molecule has 5 nitrogen and oxygen atoms in total. The average Bonchev–Trinajstić information content (AvgIpc) is 2.37. The van der Waals surface area contributed by atoms with Crippen LogP contribution in [0.4, 0.5) is 5.69 Å². The minimum Gasteiger partial charge on any atom is -0.352 e. The smallest absolute Gasteiger partial charge is 0.276 e. The summed E-state index contributed by atoms with van der Waals surface area (Å²) in [5, 5.41) is 13.4. The lowest BCUT2D eigenvalue weighted by Gasteiger charge is -1.99. The molecule has 0 saturated heterocycles. The van der Waals surface area contributed by atoms with Gasteiger partial charge in [-0.05, 0) is 18.6 Å². The molecule has 0 aliphatic rings. The van der Waals surface area contributed by atoms with Crippen LogP contribution in [-0.2, 0) is 4.79 Å². The van der Waals surface area contributed by atoms with Crippen molar-refractivity contribution < 1.29 is 9.72 Å². The Morgan fingerprint density at radius 1 is 1.44 bits per heavy atom. The van der Waals surface area contributed by atoms with E-state index >= 15 is 0 Å². The molecule has 0 radical (unpaired) electrons. The number of nitro groups is 1. The number of carbonyl (C=O) groups excluding carboxylic acids is 1. The van der Waals surface area contributed by atoms with Gasteiger partial charge in [-0.15, -0.1) is 6.58 Å². The van der Waals surface area contributed by atoms with E-state index < -0.39 is 4.92 Å². The third-order valence-corrected chi connectivity index (χ3v) is 2.20. The summed E-state index contributed by atoms with van der Waals surface area (Å²) in [4.78, 5) is 21.6. The lowest BCUT2D eigenvalue weighted by molar-refractivity contribution is -0.385. The summed E-state index contributed by atoms with van der Waals surface area (Å²) >= 11 is 0. The summed E-state index contributed by atoms with van der Waals surface area (Å²) in [6.45, 7) is 4.04. The number of amides is 1. The SMILES string of the molecule is C=CCCNC(=O)/C=C/c1ccccc1[N+](=O)[O-]. The Labute approximate surface area is 105 Å². The van der Waals surface area contributed by atoms with Crippen LogP contribution in [-0.4, -0.2) is 17.4 Å². The minimum absolute atomic E-state index is 0.0207. The molecular weight excluding hydrogens is 232 g/mol. The standard InChI is InChI=1S/C13H14N2O3/c1-2-3-10-14-13(16)9-8-11-6-4-5-7-12(11)15(17)18/h2,4-9H,1,3,10H2,(H,14,16)/b9-8+. The van der Waals surface area contributed by atoms with Crippen molar-refractivity contribution in [2.75, 3.05) is 6.54 Å². The van der Waals surface area contributed by atoms with Crippen LogP contribution in [0.3, 0.4) is 0 Å². The Balaban J connectivity index is 2.69. The minimum atomic E-state index is -0.477. The highest BCUT2D eigenvalue weighted by Gasteiger charge is 2.09. The van der Waals surface area contributed by atoms with E-state index in [-0.39, 0.29) is 11.6 Å². The zero-order valence-corrected chi connectivity index (χ0v) is 9.83. The van der Waals surface area contributed by atoms with Gasteiger partial charge in [0.05, 0.1) is 10.5 Å². The summed E-state index contributed by atoms with van der Waals surface area (Å²) < 4.78 is 0. The number of benzene rings is 1. The van der Waals surface area contributed by atoms with Gasteiger partial charge in [-0.3, -0.25) is 14.9 Å². The third-order valence-electron chi connectivity index (χ3n) is 2.20. The Kier molecular flexibility index (Phi) is 5.31. The number of hydrogen-bond donors (Lipinski definition) is 1. The van der Waals surface area contributed by atoms with Gasteiger partial charge in [0.1, 0.15) is 0 Å². The molecule has 5 heteroatoms. The van der Waals surface area contributed by atoms with E-state index in [2.05, 4.69) is 11.9 Å². The molecule has 0 atom stereocenters. The Morgan fingerprint density at radius 2 is 2.17 bits per heavy atom. The molecule has 1 N–H and O–H groups in total. The first kappa shape index (κ1) is 13.6. The molecule has 0 aliphatic carbocycles. The van der Waals surface area contributed by atoms with E-state index in [9.17, 15) is 14.9 Å². The van der Waals surface area contributed by atoms with Gasteiger partial charge in [-0.1, -0.05) is 18.2 Å². The van der Waals surface area contributed by atoms with Crippen LogP contribution >= 0.6 is 0 Å². The first-order valence-corrected chi connectivity index (χ1v) is 5.45. The van der Waals surface area contributed by atoms with Crippen molar-refractivity contribution in [3.63, 3.8) is 0 Å². The summed E-state index contributed by atoms with van der Waals surface area (Å²) in [5.41, 5.74) is 0.383. The molecule has 1 amide bonds. The summed E-state index contributed by atoms with van der Waals surface area (Å²) in [7, 11) is 0. The number of rotatable bonds is 6. The molecular formula is C13H14N2O3. The summed E-state index contributed by atoms with van der Waals surface area (Å²) in [6, 6.07) is 6.25. The Bertz CT molecular complexity index is 481. The molecule has 0 spiro atoms. The van der Waals surface area contributed by atoms with Crippen LogP contribution in [0.15, 0.2) is 43.0 Å². The predicted octanol–water partition coefficient (Wildman–Crippen LogP) is 2.30. The molecule has 0 aliphatic heterocycles. The van der Waals surface area contributed by atoms with E-state index in [4.69, 9.17) is 0 Å². The zero-order valence-electron chi connectivity index (χ0n) is 9.83. The van der Waals surface area contributed by atoms with E-state index in [1.54, 1.807) is 24.3 Å². The molecule has 18 heavy (non-hydrogen) atoms. The fourth-order valence-electron chi connectivity index (χ4n) is 1.32. The van der Waals surface area contributed by atoms with Crippen molar-refractivity contribution in [1.29, 1.82) is 0 Å². The highest BCUT2D eigenvalue weighted by atomic mass is 16.6. The molecule has 0 aromatic heterocycles. The van der Waals surface area contributed by atoms with Gasteiger partial charge in [0.25, 0.3) is 5.69 Å². The molecule has 1 aromatic rings. The van der Waals surface area contributed by atoms with Crippen LogP contribution in [0.2, 0.25) is 0 Å². The average molecular weight is 246 g/mol. The lowest BCUT2D eigenvalue weighted by Crippen LogP contribution is -2.21. The number of hydrogen-bond acceptors (Lipinski definition) is 3. The Hall–Kier alpha value is -2.43. The van der Waals surface area contributed by atoms with Gasteiger partial charge in [0.2, 0.25) is 5.91 Å². The largest absolute Gasteiger partial charge is 0.352 e. The fraction of sp³-hybridized carbons (Fsp3) is 0.154. The van der Waals surface area contributed by atoms with E-state index in [1.165, 1.54) is 18.2 Å². The fourth-order valence-corrected chi connectivity index (χ4v) is 1.32. The number of nitrogens with one attached hydrogen (secondary N) is 1. The van der Waals surface area contributed by atoms with Gasteiger partial charge in [0, 0.05) is 18.7 Å². The number of nitrogens with zero attached hydrogens (tertiary/aromatic N) is 1. The second-order valence-corrected chi connectivity index (χ2v) is 3.52. The van der Waals surface area contributed by atoms with Gasteiger partial charge in [-0.25, -0.2) is 0 Å². The van der Waals surface area contributed by atoms with Gasteiger partial charge >= 0.3 is 0 Å². The maximum Gasteiger partial charge on any atom is 0.276 e. The topological polar surface area (TPSA) is 72.2 Å². The molecule has 0 saturated carbocycles. The molecule has 1 aromatic carbocycles. The van der Waals surface area contributed by atoms with E-state index in [0.717, 1.165) is 0 Å². The highest BCUT2D eigenvalue weighted by molar-refractivity contribution is 5.92. The van der Waals surface area contributed by atoms with Crippen molar-refractivity contribution in [3.8, 4) is 0 Å². The zero-order chi connectivity index (χ0) is 13.4. The monoisotopic (exact) mass is 246 g/mol. The third kappa shape index (κ3) is 4.21. The highest BCUT2D eigenvalue weighted by Crippen LogP contribution is 2.18. The van der Waals surface area contributed by atoms with E-state index in [0.29, 0.717) is 18.5 Å². The second-order valence-electron chi connectivity index (χ2n) is 3.52. The normalized spacial score (nSPS) is 10.2. The van der Waals surface area contributed by atoms with Gasteiger partial charge < -0.3 is 5.32 Å². The maximum atomic E-state index is 11.4. The van der Waals surface area contributed by atoms with Crippen LogP contribution in [0, 0.1) is 10.1 Å². The predicted molar refractivity (Wildman–Crippen MR) is 70.0 cm³/mol. The Morgan fingerprint density at radius 3 is 2.83 bits per heavy atom. The van der Waals surface area contributed by atoms with Crippen LogP contribution < -0.4 is 5.32 Å². The number of para-hydroxylation sites is 1. The van der Waals surface area contributed by atoms with Crippen LogP contribution in [0.5, 0.6) is 0 Å². The summed E-state index contributed by atoms with van der Waals surface area (Å²) in [6.07, 6.45) is 5.10. The number of nitro benzene ring substituents is 1. The molecule has 0 unspecified atom stereocenters. The lowest BCUT2D eigenvalue weighted by atomic mass is 10.1. The molecule has 1 rings (SSSR count). The van der Waals surface area contributed by atoms with Crippen molar-refractivity contribution in [3.05, 3.63) is 58.7 Å². The van der Waals surface area contributed by atoms with Crippen LogP contribution in [0.25, 0.3) is 6.08 Å². The van der Waals surface area contributed by atoms with Gasteiger partial charge in [-0.2, -0.15) is 0 Å². The van der Waals surface area contributed by atoms with Crippen LogP contribution in [0.1, 0.15) is 12.0 Å². The van der Waals surface area contributed by atoms with Crippen molar-refractivity contribution in [1.82, 2.24) is 5.32 Å². The first-order valence-electron chi connectivity index (χ1n) is 5.45. The van der Waals surface area contributed by atoms with Gasteiger partial charge in [0.15, 0.2) is 0 Å². The quantitative estimate of drug-likeness (QED) is 0.275.